The first-order valence-corrected chi connectivity index (χ1v) is 7.18. The Hall–Kier alpha value is -1.96. The third kappa shape index (κ3) is 4.52. The van der Waals surface area contributed by atoms with E-state index in [0.29, 0.717) is 19.5 Å². The van der Waals surface area contributed by atoms with Crippen molar-refractivity contribution in [3.8, 4) is 0 Å². The van der Waals surface area contributed by atoms with Crippen LogP contribution in [-0.2, 0) is 11.3 Å². The summed E-state index contributed by atoms with van der Waals surface area (Å²) in [6.07, 6.45) is 6.82. The van der Waals surface area contributed by atoms with Crippen LogP contribution in [0.1, 0.15) is 49.0 Å². The van der Waals surface area contributed by atoms with Crippen LogP contribution in [0.4, 0.5) is 0 Å². The average molecular weight is 295 g/mol. The van der Waals surface area contributed by atoms with E-state index in [1.807, 2.05) is 0 Å². The summed E-state index contributed by atoms with van der Waals surface area (Å²) in [7, 11) is 0. The molecule has 1 aromatic heterocycles. The molecule has 1 aliphatic rings. The number of nitrogens with one attached hydrogen (secondary N) is 1. The molecule has 21 heavy (non-hydrogen) atoms. The molecule has 1 aliphatic carbocycles. The quantitative estimate of drug-likeness (QED) is 0.686. The molecule has 0 saturated heterocycles. The smallest absolute Gasteiger partial charge is 0.358 e. The number of carboxylic acids is 1. The standard InChI is InChI=1S/C13H21N5O3/c14-13(4-2-1-3-5-13)8-11(19)15-6-7-18-9-10(12(20)21)16-17-18/h9H,1-8,14H2,(H,15,19)(H,20,21). The fraction of sp³-hybridized carbons (Fsp3) is 0.692. The number of nitrogens with two attached hydrogens (primary N) is 1. The van der Waals surface area contributed by atoms with Gasteiger partial charge >= 0.3 is 5.97 Å². The van der Waals surface area contributed by atoms with Crippen LogP contribution in [0.5, 0.6) is 0 Å². The van der Waals surface area contributed by atoms with E-state index in [1.165, 1.54) is 17.3 Å². The Morgan fingerprint density at radius 2 is 2.10 bits per heavy atom. The summed E-state index contributed by atoms with van der Waals surface area (Å²) in [5.41, 5.74) is 5.75. The summed E-state index contributed by atoms with van der Waals surface area (Å²) in [6.45, 7) is 0.751. The molecule has 2 rings (SSSR count). The van der Waals surface area contributed by atoms with Gasteiger partial charge in [-0.25, -0.2) is 9.48 Å². The molecule has 0 aromatic carbocycles. The van der Waals surface area contributed by atoms with Gasteiger partial charge in [-0.05, 0) is 12.8 Å². The van der Waals surface area contributed by atoms with Gasteiger partial charge in [0, 0.05) is 18.5 Å². The highest BCUT2D eigenvalue weighted by molar-refractivity contribution is 5.84. The largest absolute Gasteiger partial charge is 0.476 e. The number of carboxylic acid groups (broad SMARTS) is 1. The summed E-state index contributed by atoms with van der Waals surface area (Å²) >= 11 is 0. The van der Waals surface area contributed by atoms with Gasteiger partial charge in [0.15, 0.2) is 5.69 Å². The summed E-state index contributed by atoms with van der Waals surface area (Å²) in [4.78, 5) is 22.5. The van der Waals surface area contributed by atoms with Crippen molar-refractivity contribution in [2.75, 3.05) is 6.54 Å². The van der Waals surface area contributed by atoms with E-state index in [2.05, 4.69) is 15.6 Å². The van der Waals surface area contributed by atoms with Crippen LogP contribution < -0.4 is 11.1 Å². The van der Waals surface area contributed by atoms with E-state index in [1.54, 1.807) is 0 Å². The Balaban J connectivity index is 1.72. The molecule has 0 spiro atoms. The molecule has 0 radical (unpaired) electrons. The van der Waals surface area contributed by atoms with E-state index in [-0.39, 0.29) is 17.1 Å². The summed E-state index contributed by atoms with van der Waals surface area (Å²) in [5, 5.41) is 18.7. The highest BCUT2D eigenvalue weighted by atomic mass is 16.4. The van der Waals surface area contributed by atoms with Gasteiger partial charge in [0.2, 0.25) is 5.91 Å². The second-order valence-corrected chi connectivity index (χ2v) is 5.62. The van der Waals surface area contributed by atoms with Gasteiger partial charge in [-0.1, -0.05) is 24.5 Å². The number of rotatable bonds is 6. The first kappa shape index (κ1) is 15.4. The Kier molecular flexibility index (Phi) is 4.89. The molecule has 1 amide bonds. The van der Waals surface area contributed by atoms with E-state index in [9.17, 15) is 9.59 Å². The van der Waals surface area contributed by atoms with Crippen LogP contribution in [0.3, 0.4) is 0 Å². The molecule has 0 unspecified atom stereocenters. The third-order valence-electron chi connectivity index (χ3n) is 3.78. The summed E-state index contributed by atoms with van der Waals surface area (Å²) in [5.74, 6) is -1.19. The SMILES string of the molecule is NC1(CC(=O)NCCn2cc(C(=O)O)nn2)CCCCC1. The number of nitrogens with zero attached hydrogens (tertiary/aromatic N) is 3. The Morgan fingerprint density at radius 3 is 2.71 bits per heavy atom. The molecular formula is C13H21N5O3. The van der Waals surface area contributed by atoms with Gasteiger partial charge in [-0.15, -0.1) is 5.10 Å². The molecule has 8 nitrogen and oxygen atoms in total. The van der Waals surface area contributed by atoms with Crippen LogP contribution in [-0.4, -0.2) is 44.1 Å². The Morgan fingerprint density at radius 1 is 1.38 bits per heavy atom. The maximum absolute atomic E-state index is 11.9. The van der Waals surface area contributed by atoms with Gasteiger partial charge in [0.05, 0.1) is 12.7 Å². The summed E-state index contributed by atoms with van der Waals surface area (Å²) in [6, 6.07) is 0. The maximum atomic E-state index is 11.9. The van der Waals surface area contributed by atoms with Crippen LogP contribution in [0.2, 0.25) is 0 Å². The van der Waals surface area contributed by atoms with Gasteiger partial charge in [-0.3, -0.25) is 4.79 Å². The minimum absolute atomic E-state index is 0.0713. The first-order chi connectivity index (χ1) is 9.98. The fourth-order valence-electron chi connectivity index (χ4n) is 2.63. The highest BCUT2D eigenvalue weighted by Crippen LogP contribution is 2.28. The van der Waals surface area contributed by atoms with Crippen LogP contribution in [0, 0.1) is 0 Å². The molecule has 4 N–H and O–H groups in total. The highest BCUT2D eigenvalue weighted by Gasteiger charge is 2.29. The van der Waals surface area contributed by atoms with Gasteiger partial charge in [0.1, 0.15) is 0 Å². The fourth-order valence-corrected chi connectivity index (χ4v) is 2.63. The lowest BCUT2D eigenvalue weighted by Crippen LogP contribution is -2.46. The molecule has 116 valence electrons. The number of amides is 1. The molecule has 1 fully saturated rings. The van der Waals surface area contributed by atoms with Crippen LogP contribution in [0.15, 0.2) is 6.20 Å². The molecule has 1 aromatic rings. The molecule has 0 bridgehead atoms. The predicted molar refractivity (Wildman–Crippen MR) is 74.6 cm³/mol. The van der Waals surface area contributed by atoms with Crippen molar-refractivity contribution in [2.45, 2.75) is 50.6 Å². The van der Waals surface area contributed by atoms with Crippen molar-refractivity contribution in [1.82, 2.24) is 20.3 Å². The zero-order valence-corrected chi connectivity index (χ0v) is 11.9. The normalized spacial score (nSPS) is 17.4. The molecule has 8 heteroatoms. The lowest BCUT2D eigenvalue weighted by molar-refractivity contribution is -0.122. The van der Waals surface area contributed by atoms with Crippen molar-refractivity contribution < 1.29 is 14.7 Å². The van der Waals surface area contributed by atoms with Crippen LogP contribution in [0.25, 0.3) is 0 Å². The van der Waals surface area contributed by atoms with Crippen molar-refractivity contribution in [2.24, 2.45) is 5.73 Å². The number of hydrogen-bond acceptors (Lipinski definition) is 5. The maximum Gasteiger partial charge on any atom is 0.358 e. The molecule has 0 aliphatic heterocycles. The third-order valence-corrected chi connectivity index (χ3v) is 3.78. The second kappa shape index (κ2) is 6.66. The zero-order chi connectivity index (χ0) is 15.3. The lowest BCUT2D eigenvalue weighted by Gasteiger charge is -2.32. The van der Waals surface area contributed by atoms with Crippen LogP contribution >= 0.6 is 0 Å². The molecule has 1 heterocycles. The van der Waals surface area contributed by atoms with E-state index in [0.717, 1.165) is 25.7 Å². The lowest BCUT2D eigenvalue weighted by atomic mass is 9.80. The van der Waals surface area contributed by atoms with Crippen molar-refractivity contribution in [3.05, 3.63) is 11.9 Å². The molecule has 0 atom stereocenters. The Labute approximate surface area is 122 Å². The first-order valence-electron chi connectivity index (χ1n) is 7.18. The molecule has 1 saturated carbocycles. The number of carbonyl (C=O) groups is 2. The second-order valence-electron chi connectivity index (χ2n) is 5.62. The summed E-state index contributed by atoms with van der Waals surface area (Å²) < 4.78 is 1.39. The zero-order valence-electron chi connectivity index (χ0n) is 11.9. The number of carbonyl (C=O) groups excluding carboxylic acids is 1. The number of aromatic nitrogens is 3. The van der Waals surface area contributed by atoms with Gasteiger partial charge < -0.3 is 16.2 Å². The number of aromatic carboxylic acids is 1. The molecular weight excluding hydrogens is 274 g/mol. The minimum Gasteiger partial charge on any atom is -0.476 e. The van der Waals surface area contributed by atoms with Gasteiger partial charge in [-0.2, -0.15) is 0 Å². The van der Waals surface area contributed by atoms with Gasteiger partial charge in [0.25, 0.3) is 0 Å². The van der Waals surface area contributed by atoms with E-state index in [4.69, 9.17) is 10.8 Å². The Bertz CT molecular complexity index is 508. The van der Waals surface area contributed by atoms with Crippen molar-refractivity contribution in [1.29, 1.82) is 0 Å². The average Bonchev–Trinajstić information content (AvgIpc) is 2.88. The van der Waals surface area contributed by atoms with E-state index < -0.39 is 5.97 Å². The number of hydrogen-bond donors (Lipinski definition) is 3. The minimum atomic E-state index is -1.12. The van der Waals surface area contributed by atoms with Crippen molar-refractivity contribution >= 4 is 11.9 Å². The predicted octanol–water partition coefficient (Wildman–Crippen LogP) is 0.144. The monoisotopic (exact) mass is 295 g/mol. The topological polar surface area (TPSA) is 123 Å². The van der Waals surface area contributed by atoms with E-state index >= 15 is 0 Å². The van der Waals surface area contributed by atoms with Crippen molar-refractivity contribution in [3.63, 3.8) is 0 Å².